The van der Waals surface area contributed by atoms with Gasteiger partial charge in [0.25, 0.3) is 0 Å². The second kappa shape index (κ2) is 64.5. The van der Waals surface area contributed by atoms with Gasteiger partial charge in [-0.2, -0.15) is 0 Å². The van der Waals surface area contributed by atoms with Crippen molar-refractivity contribution in [1.29, 1.82) is 0 Å². The fraction of sp³-hybridized carbons (Fsp3) is 0.577. The normalized spacial score (nSPS) is 13.5. The second-order valence-corrected chi connectivity index (χ2v) is 19.7. The monoisotopic (exact) mass is 1040 g/mol. The Morgan fingerprint density at radius 3 is 0.816 bits per heavy atom. The molecule has 0 radical (unpaired) electrons. The minimum absolute atomic E-state index is 0.0936. The summed E-state index contributed by atoms with van der Waals surface area (Å²) in [6.07, 6.45) is 101. The number of ether oxygens (including phenoxy) is 2. The lowest BCUT2D eigenvalue weighted by Gasteiger charge is -2.15. The van der Waals surface area contributed by atoms with E-state index in [1.807, 2.05) is 0 Å². The van der Waals surface area contributed by atoms with Crippen LogP contribution in [0.5, 0.6) is 0 Å². The molecule has 76 heavy (non-hydrogen) atoms. The lowest BCUT2D eigenvalue weighted by Crippen LogP contribution is -2.28. The van der Waals surface area contributed by atoms with Crippen molar-refractivity contribution in [3.63, 3.8) is 0 Å². The first-order valence-corrected chi connectivity index (χ1v) is 30.7. The van der Waals surface area contributed by atoms with Gasteiger partial charge in [-0.25, -0.2) is 0 Å². The second-order valence-electron chi connectivity index (χ2n) is 19.7. The number of hydrogen-bond acceptors (Lipinski definition) is 5. The van der Waals surface area contributed by atoms with Crippen LogP contribution in [0.15, 0.2) is 170 Å². The molecular formula is C71H112O5. The summed E-state index contributed by atoms with van der Waals surface area (Å²) in [7, 11) is 0. The maximum atomic E-state index is 12.3. The van der Waals surface area contributed by atoms with Crippen molar-refractivity contribution in [2.75, 3.05) is 13.2 Å². The van der Waals surface area contributed by atoms with Crippen molar-refractivity contribution >= 4 is 11.9 Å². The molecule has 1 unspecified atom stereocenters. The largest absolute Gasteiger partial charge is 0.462 e. The summed E-state index contributed by atoms with van der Waals surface area (Å²) in [5.41, 5.74) is 0. The van der Waals surface area contributed by atoms with Gasteiger partial charge in [-0.05, 0) is 128 Å². The van der Waals surface area contributed by atoms with Crippen LogP contribution in [-0.4, -0.2) is 36.4 Å². The Kier molecular flexibility index (Phi) is 60.5. The smallest absolute Gasteiger partial charge is 0.306 e. The third-order valence-corrected chi connectivity index (χ3v) is 12.5. The highest BCUT2D eigenvalue weighted by Gasteiger charge is 2.16. The Morgan fingerprint density at radius 2 is 0.526 bits per heavy atom. The first-order valence-electron chi connectivity index (χ1n) is 30.7. The van der Waals surface area contributed by atoms with E-state index in [2.05, 4.69) is 184 Å². The Bertz CT molecular complexity index is 1700. The average molecular weight is 1050 g/mol. The van der Waals surface area contributed by atoms with E-state index in [0.717, 1.165) is 122 Å². The van der Waals surface area contributed by atoms with Gasteiger partial charge in [-0.15, -0.1) is 0 Å². The molecule has 0 fully saturated rings. The summed E-state index contributed by atoms with van der Waals surface area (Å²) in [4.78, 5) is 24.6. The highest BCUT2D eigenvalue weighted by atomic mass is 16.6. The number of rotatable bonds is 54. The van der Waals surface area contributed by atoms with Crippen molar-refractivity contribution in [2.24, 2.45) is 0 Å². The quantitative estimate of drug-likeness (QED) is 0.0373. The van der Waals surface area contributed by atoms with E-state index >= 15 is 0 Å². The molecule has 0 saturated carbocycles. The van der Waals surface area contributed by atoms with Crippen LogP contribution in [0.1, 0.15) is 245 Å². The molecular weight excluding hydrogens is 933 g/mol. The summed E-state index contributed by atoms with van der Waals surface area (Å²) in [6, 6.07) is 0. The van der Waals surface area contributed by atoms with Gasteiger partial charge in [0.15, 0.2) is 6.10 Å². The molecule has 0 spiro atoms. The van der Waals surface area contributed by atoms with Crippen LogP contribution in [0.4, 0.5) is 0 Å². The molecule has 1 atom stereocenters. The first-order chi connectivity index (χ1) is 37.6. The fourth-order valence-electron chi connectivity index (χ4n) is 7.99. The maximum Gasteiger partial charge on any atom is 0.306 e. The summed E-state index contributed by atoms with van der Waals surface area (Å²) in [5, 5.41) is 9.67. The van der Waals surface area contributed by atoms with E-state index in [1.165, 1.54) is 89.9 Å². The highest BCUT2D eigenvalue weighted by molar-refractivity contribution is 5.70. The van der Waals surface area contributed by atoms with Crippen LogP contribution in [0.2, 0.25) is 0 Å². The van der Waals surface area contributed by atoms with Gasteiger partial charge >= 0.3 is 11.9 Å². The molecule has 1 N–H and O–H groups in total. The molecule has 0 bridgehead atoms. The van der Waals surface area contributed by atoms with Gasteiger partial charge in [-0.1, -0.05) is 274 Å². The van der Waals surface area contributed by atoms with E-state index in [4.69, 9.17) is 9.47 Å². The molecule has 0 aromatic rings. The Morgan fingerprint density at radius 1 is 0.303 bits per heavy atom. The number of carbonyl (C=O) groups excluding carboxylic acids is 2. The summed E-state index contributed by atoms with van der Waals surface area (Å²) in [5.74, 6) is -0.650. The molecule has 0 rings (SSSR count). The highest BCUT2D eigenvalue weighted by Crippen LogP contribution is 2.15. The summed E-state index contributed by atoms with van der Waals surface area (Å²) in [6.45, 7) is 3.88. The molecule has 0 heterocycles. The van der Waals surface area contributed by atoms with E-state index in [9.17, 15) is 14.7 Å². The molecule has 0 saturated heterocycles. The first kappa shape index (κ1) is 71.3. The summed E-state index contributed by atoms with van der Waals surface area (Å²) >= 11 is 0. The van der Waals surface area contributed by atoms with Crippen molar-refractivity contribution in [3.8, 4) is 0 Å². The summed E-state index contributed by atoms with van der Waals surface area (Å²) < 4.78 is 10.7. The molecule has 426 valence electrons. The number of allylic oxidation sites excluding steroid dienone is 28. The predicted molar refractivity (Wildman–Crippen MR) is 333 cm³/mol. The van der Waals surface area contributed by atoms with Gasteiger partial charge in [0.1, 0.15) is 6.61 Å². The number of aliphatic hydroxyl groups excluding tert-OH is 1. The molecule has 0 amide bonds. The zero-order chi connectivity index (χ0) is 54.8. The van der Waals surface area contributed by atoms with Gasteiger partial charge in [-0.3, -0.25) is 9.59 Å². The number of unbranched alkanes of at least 4 members (excludes halogenated alkanes) is 18. The van der Waals surface area contributed by atoms with Crippen LogP contribution in [0.25, 0.3) is 0 Å². The van der Waals surface area contributed by atoms with Crippen molar-refractivity contribution in [2.45, 2.75) is 251 Å². The van der Waals surface area contributed by atoms with Gasteiger partial charge in [0, 0.05) is 12.8 Å². The minimum Gasteiger partial charge on any atom is -0.462 e. The number of esters is 2. The lowest BCUT2D eigenvalue weighted by molar-refractivity contribution is -0.161. The van der Waals surface area contributed by atoms with Crippen LogP contribution in [0, 0.1) is 0 Å². The maximum absolute atomic E-state index is 12.3. The van der Waals surface area contributed by atoms with Gasteiger partial charge in [0.05, 0.1) is 6.61 Å². The Hall–Kier alpha value is -4.74. The van der Waals surface area contributed by atoms with Gasteiger partial charge in [0.2, 0.25) is 0 Å². The zero-order valence-electron chi connectivity index (χ0n) is 48.7. The van der Waals surface area contributed by atoms with Crippen LogP contribution < -0.4 is 0 Å². The van der Waals surface area contributed by atoms with Crippen molar-refractivity contribution in [1.82, 2.24) is 0 Å². The molecule has 0 aliphatic carbocycles. The fourth-order valence-corrected chi connectivity index (χ4v) is 7.99. The van der Waals surface area contributed by atoms with Crippen molar-refractivity contribution < 1.29 is 24.2 Å². The third-order valence-electron chi connectivity index (χ3n) is 12.5. The number of hydrogen-bond donors (Lipinski definition) is 1. The predicted octanol–water partition coefficient (Wildman–Crippen LogP) is 21.3. The number of carbonyl (C=O) groups is 2. The minimum atomic E-state index is -0.809. The topological polar surface area (TPSA) is 72.8 Å². The standard InChI is InChI=1S/C71H112O5/c1-3-5-7-9-11-13-15-17-19-21-23-25-27-29-31-33-34-35-36-38-40-42-44-46-48-50-52-54-56-58-60-62-64-66-71(74)76-69(67-72)68-75-70(73)65-63-61-59-57-55-53-51-49-47-45-43-41-39-37-32-30-28-26-24-22-20-18-16-14-12-10-8-6-4-2/h5-8,11-14,17-20,23-26,29,31,34-35,38,40,44,46,50,52,56,58,69,72H,3-4,9-10,15-16,21-22,27-28,30,32-33,36-37,39,41-43,45,47-49,51,53-55,57,59-68H2,1-2H3/b7-5-,8-6-,13-11-,14-12-,19-17-,20-18-,25-23-,26-24-,31-29-,35-34-,40-38-,46-44-,52-50-,58-56-. The van der Waals surface area contributed by atoms with Gasteiger partial charge < -0.3 is 14.6 Å². The third kappa shape index (κ3) is 61.8. The van der Waals surface area contributed by atoms with E-state index < -0.39 is 6.10 Å². The molecule has 0 aromatic carbocycles. The van der Waals surface area contributed by atoms with Crippen LogP contribution in [0.3, 0.4) is 0 Å². The Labute approximate surface area is 468 Å². The van der Waals surface area contributed by atoms with Crippen molar-refractivity contribution in [3.05, 3.63) is 170 Å². The SMILES string of the molecule is CC/C=C\C/C=C\C/C=C\C/C=C\C/C=C\C/C=C\C/C=C\C/C=C\C/C=C\C/C=C\CCCCC(=O)OC(CO)COC(=O)CCCCCCCCCCCCCCCCCC/C=C\C/C=C\C/C=C\C/C=C\CC. The average Bonchev–Trinajstić information content (AvgIpc) is 3.42. The number of aliphatic hydroxyl groups is 1. The molecule has 0 aliphatic heterocycles. The van der Waals surface area contributed by atoms with E-state index in [0.29, 0.717) is 12.8 Å². The molecule has 0 aliphatic rings. The van der Waals surface area contributed by atoms with Crippen LogP contribution >= 0.6 is 0 Å². The Balaban J connectivity index is 3.63. The van der Waals surface area contributed by atoms with Crippen LogP contribution in [-0.2, 0) is 19.1 Å². The molecule has 5 heteroatoms. The zero-order valence-corrected chi connectivity index (χ0v) is 48.7. The molecule has 0 aromatic heterocycles. The molecule has 5 nitrogen and oxygen atoms in total. The van der Waals surface area contributed by atoms with E-state index in [-0.39, 0.29) is 31.6 Å². The lowest BCUT2D eigenvalue weighted by atomic mass is 10.0. The van der Waals surface area contributed by atoms with E-state index in [1.54, 1.807) is 0 Å².